The van der Waals surface area contributed by atoms with Gasteiger partial charge in [0.2, 0.25) is 0 Å². The van der Waals surface area contributed by atoms with Crippen LogP contribution in [0.15, 0.2) is 42.5 Å². The molecule has 0 radical (unpaired) electrons. The van der Waals surface area contributed by atoms with Crippen molar-refractivity contribution >= 4 is 0 Å². The first kappa shape index (κ1) is 15.8. The van der Waals surface area contributed by atoms with Gasteiger partial charge in [-0.05, 0) is 29.8 Å². The second-order valence-corrected chi connectivity index (χ2v) is 4.51. The third-order valence-electron chi connectivity index (χ3n) is 3.01. The summed E-state index contributed by atoms with van der Waals surface area (Å²) < 4.78 is 57.0. The molecular weight excluding hydrogens is 298 g/mol. The van der Waals surface area contributed by atoms with Crippen LogP contribution in [0.25, 0.3) is 0 Å². The van der Waals surface area contributed by atoms with Crippen LogP contribution in [0.4, 0.5) is 17.6 Å². The zero-order valence-electron chi connectivity index (χ0n) is 11.3. The monoisotopic (exact) mass is 309 g/mol. The van der Waals surface area contributed by atoms with Crippen LogP contribution >= 0.6 is 0 Å². The van der Waals surface area contributed by atoms with Crippen molar-refractivity contribution in [2.24, 2.45) is 0 Å². The summed E-state index contributed by atoms with van der Waals surface area (Å²) in [6, 6.07) is 10.7. The van der Waals surface area contributed by atoms with E-state index in [2.05, 4.69) is 0 Å². The van der Waals surface area contributed by atoms with Crippen LogP contribution in [0.5, 0.6) is 5.75 Å². The van der Waals surface area contributed by atoms with Gasteiger partial charge < -0.3 is 4.74 Å². The summed E-state index contributed by atoms with van der Waals surface area (Å²) in [5.41, 5.74) is -1.08. The Labute approximate surface area is 124 Å². The van der Waals surface area contributed by atoms with E-state index in [0.29, 0.717) is 5.56 Å². The van der Waals surface area contributed by atoms with Crippen molar-refractivity contribution in [3.8, 4) is 11.8 Å². The number of hydrogen-bond donors (Lipinski definition) is 0. The van der Waals surface area contributed by atoms with Gasteiger partial charge >= 0.3 is 6.18 Å². The molecule has 22 heavy (non-hydrogen) atoms. The molecule has 0 aliphatic rings. The number of nitriles is 1. The van der Waals surface area contributed by atoms with Crippen molar-refractivity contribution in [2.45, 2.75) is 12.6 Å². The third-order valence-corrected chi connectivity index (χ3v) is 3.01. The summed E-state index contributed by atoms with van der Waals surface area (Å²) in [6.45, 7) is 0.0319. The molecule has 0 bridgehead atoms. The first-order chi connectivity index (χ1) is 10.4. The van der Waals surface area contributed by atoms with Gasteiger partial charge in [0, 0.05) is 6.42 Å². The van der Waals surface area contributed by atoms with Crippen molar-refractivity contribution in [1.82, 2.24) is 0 Å². The number of ether oxygens (including phenoxy) is 1. The smallest absolute Gasteiger partial charge is 0.417 e. The Kier molecular flexibility index (Phi) is 4.66. The van der Waals surface area contributed by atoms with E-state index in [1.54, 1.807) is 18.2 Å². The van der Waals surface area contributed by atoms with Crippen molar-refractivity contribution in [1.29, 1.82) is 5.26 Å². The highest BCUT2D eigenvalue weighted by molar-refractivity contribution is 5.44. The lowest BCUT2D eigenvalue weighted by atomic mass is 10.1. The molecule has 2 rings (SSSR count). The van der Waals surface area contributed by atoms with Crippen LogP contribution < -0.4 is 4.74 Å². The van der Waals surface area contributed by atoms with E-state index in [1.807, 2.05) is 0 Å². The Bertz CT molecular complexity index is 704. The van der Waals surface area contributed by atoms with Crippen LogP contribution in [0.3, 0.4) is 0 Å². The first-order valence-electron chi connectivity index (χ1n) is 6.39. The van der Waals surface area contributed by atoms with Gasteiger partial charge in [-0.1, -0.05) is 18.2 Å². The summed E-state index contributed by atoms with van der Waals surface area (Å²) in [7, 11) is 0. The molecule has 2 nitrogen and oxygen atoms in total. The van der Waals surface area contributed by atoms with E-state index in [4.69, 9.17) is 10.00 Å². The summed E-state index contributed by atoms with van der Waals surface area (Å²) in [5.74, 6) is -0.399. The van der Waals surface area contributed by atoms with E-state index < -0.39 is 17.3 Å². The fraction of sp³-hybridized carbons (Fsp3) is 0.188. The summed E-state index contributed by atoms with van der Waals surface area (Å²) in [6.07, 6.45) is -4.40. The number of nitrogens with zero attached hydrogens (tertiary/aromatic N) is 1. The fourth-order valence-electron chi connectivity index (χ4n) is 1.93. The van der Waals surface area contributed by atoms with Gasteiger partial charge in [0.05, 0.1) is 23.8 Å². The Morgan fingerprint density at radius 3 is 2.45 bits per heavy atom. The molecule has 0 spiro atoms. The zero-order chi connectivity index (χ0) is 16.2. The summed E-state index contributed by atoms with van der Waals surface area (Å²) in [4.78, 5) is 0. The molecule has 0 aliphatic heterocycles. The molecule has 0 unspecified atom stereocenters. The highest BCUT2D eigenvalue weighted by Gasteiger charge is 2.34. The lowest BCUT2D eigenvalue weighted by molar-refractivity contribution is -0.137. The van der Waals surface area contributed by atoms with Crippen molar-refractivity contribution in [3.63, 3.8) is 0 Å². The second-order valence-electron chi connectivity index (χ2n) is 4.51. The predicted octanol–water partition coefficient (Wildman–Crippen LogP) is 4.34. The van der Waals surface area contributed by atoms with Crippen molar-refractivity contribution in [2.75, 3.05) is 6.61 Å². The molecule has 6 heteroatoms. The van der Waals surface area contributed by atoms with Crippen LogP contribution in [-0.4, -0.2) is 6.61 Å². The molecule has 0 N–H and O–H groups in total. The molecule has 0 saturated heterocycles. The number of halogens is 4. The molecule has 0 amide bonds. The molecule has 0 aliphatic carbocycles. The van der Waals surface area contributed by atoms with Crippen molar-refractivity contribution < 1.29 is 22.3 Å². The Morgan fingerprint density at radius 2 is 1.82 bits per heavy atom. The van der Waals surface area contributed by atoms with Gasteiger partial charge in [-0.15, -0.1) is 0 Å². The van der Waals surface area contributed by atoms with Gasteiger partial charge in [-0.3, -0.25) is 0 Å². The van der Waals surface area contributed by atoms with Crippen LogP contribution in [0.2, 0.25) is 0 Å². The molecule has 2 aromatic rings. The minimum Gasteiger partial charge on any atom is -0.493 e. The molecule has 2 aromatic carbocycles. The van der Waals surface area contributed by atoms with E-state index in [0.717, 1.165) is 12.1 Å². The standard InChI is InChI=1S/C16H11F4NO/c17-15-4-2-1-3-11(15)7-8-22-13-6-5-12(10-21)14(9-13)16(18,19)20/h1-6,9H,7-8H2. The topological polar surface area (TPSA) is 33.0 Å². The summed E-state index contributed by atoms with van der Waals surface area (Å²) >= 11 is 0. The van der Waals surface area contributed by atoms with E-state index in [9.17, 15) is 17.6 Å². The van der Waals surface area contributed by atoms with Crippen LogP contribution in [0, 0.1) is 17.1 Å². The van der Waals surface area contributed by atoms with Crippen LogP contribution in [0.1, 0.15) is 16.7 Å². The number of hydrogen-bond acceptors (Lipinski definition) is 2. The van der Waals surface area contributed by atoms with E-state index >= 15 is 0 Å². The maximum Gasteiger partial charge on any atom is 0.417 e. The molecule has 114 valence electrons. The lowest BCUT2D eigenvalue weighted by Crippen LogP contribution is -2.09. The van der Waals surface area contributed by atoms with Gasteiger partial charge in [0.1, 0.15) is 11.6 Å². The third kappa shape index (κ3) is 3.76. The maximum atomic E-state index is 13.4. The molecule has 0 aromatic heterocycles. The van der Waals surface area contributed by atoms with Gasteiger partial charge in [0.15, 0.2) is 0 Å². The first-order valence-corrected chi connectivity index (χ1v) is 6.39. The molecule has 0 heterocycles. The van der Waals surface area contributed by atoms with E-state index in [1.165, 1.54) is 18.2 Å². The minimum atomic E-state index is -4.63. The average molecular weight is 309 g/mol. The number of rotatable bonds is 4. The van der Waals surface area contributed by atoms with Gasteiger partial charge in [0.25, 0.3) is 0 Å². The molecule has 0 atom stereocenters. The molecular formula is C16H11F4NO. The van der Waals surface area contributed by atoms with Crippen LogP contribution in [-0.2, 0) is 12.6 Å². The minimum absolute atomic E-state index is 0.0114. The quantitative estimate of drug-likeness (QED) is 0.787. The van der Waals surface area contributed by atoms with Gasteiger partial charge in [-0.25, -0.2) is 4.39 Å². The highest BCUT2D eigenvalue weighted by Crippen LogP contribution is 2.34. The van der Waals surface area contributed by atoms with Crippen molar-refractivity contribution in [3.05, 3.63) is 65.0 Å². The fourth-order valence-corrected chi connectivity index (χ4v) is 1.93. The predicted molar refractivity (Wildman–Crippen MR) is 71.8 cm³/mol. The number of benzene rings is 2. The number of alkyl halides is 3. The van der Waals surface area contributed by atoms with E-state index in [-0.39, 0.29) is 24.6 Å². The average Bonchev–Trinajstić information content (AvgIpc) is 2.48. The second kappa shape index (κ2) is 6.48. The Hall–Kier alpha value is -2.55. The Morgan fingerprint density at radius 1 is 1.09 bits per heavy atom. The Balaban J connectivity index is 2.08. The summed E-state index contributed by atoms with van der Waals surface area (Å²) in [5, 5.41) is 8.70. The SMILES string of the molecule is N#Cc1ccc(OCCc2ccccc2F)cc1C(F)(F)F. The lowest BCUT2D eigenvalue weighted by Gasteiger charge is -2.12. The maximum absolute atomic E-state index is 13.4. The zero-order valence-corrected chi connectivity index (χ0v) is 11.3. The normalized spacial score (nSPS) is 11.0. The molecule has 0 fully saturated rings. The largest absolute Gasteiger partial charge is 0.493 e. The van der Waals surface area contributed by atoms with Gasteiger partial charge in [-0.2, -0.15) is 18.4 Å². The highest BCUT2D eigenvalue weighted by atomic mass is 19.4. The molecule has 0 saturated carbocycles.